The van der Waals surface area contributed by atoms with Crippen LogP contribution in [0.5, 0.6) is 0 Å². The molecule has 0 fully saturated rings. The molecule has 0 saturated heterocycles. The van der Waals surface area contributed by atoms with Gasteiger partial charge in [0.05, 0.1) is 11.5 Å². The second-order valence-electron chi connectivity index (χ2n) is 6.64. The molecule has 8 nitrogen and oxygen atoms in total. The molecule has 0 aliphatic heterocycles. The first-order chi connectivity index (χ1) is 13.2. The number of carbonyl (C=O) groups is 1. The Balaban J connectivity index is 2.50. The van der Waals surface area contributed by atoms with Gasteiger partial charge in [0.1, 0.15) is 11.3 Å². The molecular weight excluding hydrogens is 343 g/mol. The van der Waals surface area contributed by atoms with Gasteiger partial charge in [-0.15, -0.1) is 0 Å². The van der Waals surface area contributed by atoms with Crippen LogP contribution in [0.25, 0.3) is 11.3 Å². The number of hydrogen-bond acceptors (Lipinski definition) is 5. The average molecular weight is 367 g/mol. The Labute approximate surface area is 154 Å². The first-order valence-electron chi connectivity index (χ1n) is 9.17. The van der Waals surface area contributed by atoms with Crippen molar-refractivity contribution in [3.05, 3.63) is 45.9 Å². The maximum absolute atomic E-state index is 14.6. The van der Waals surface area contributed by atoms with Crippen molar-refractivity contribution >= 4 is 11.8 Å². The summed E-state index contributed by atoms with van der Waals surface area (Å²) in [7, 11) is 1.52. The van der Waals surface area contributed by atoms with Gasteiger partial charge in [-0.3, -0.25) is 14.8 Å². The van der Waals surface area contributed by atoms with Crippen molar-refractivity contribution in [2.45, 2.75) is 32.9 Å². The van der Waals surface area contributed by atoms with Crippen LogP contribution in [-0.2, 0) is 18.3 Å². The number of nitro benzene ring substituents is 1. The highest BCUT2D eigenvalue weighted by atomic mass is 19.1. The summed E-state index contributed by atoms with van der Waals surface area (Å²) in [5, 5.41) is 15.1. The number of halogens is 1. The number of hydrogen-bond donors (Lipinski definition) is 0. The normalized spacial score (nSPS) is 13.5. The molecule has 26 heavy (non-hydrogen) atoms. The highest BCUT2D eigenvalue weighted by Gasteiger charge is 2.24. The number of rotatable bonds is 4. The summed E-state index contributed by atoms with van der Waals surface area (Å²) in [5.41, 5.74) is -1.66. The van der Waals surface area contributed by atoms with Gasteiger partial charge in [-0.2, -0.15) is 9.49 Å². The Morgan fingerprint density at radius 1 is 1.50 bits per heavy atom. The minimum absolute atomic E-state index is 0.00786. The summed E-state index contributed by atoms with van der Waals surface area (Å²) < 4.78 is 44.1. The molecule has 2 aromatic rings. The van der Waals surface area contributed by atoms with E-state index in [4.69, 9.17) is 8.85 Å². The van der Waals surface area contributed by atoms with Crippen molar-refractivity contribution < 1.29 is 23.0 Å². The molecule has 0 aliphatic carbocycles. The molecule has 140 valence electrons. The molecule has 2 rings (SSSR count). The quantitative estimate of drug-likeness (QED) is 0.609. The third kappa shape index (κ3) is 4.35. The molecule has 0 N–H and O–H groups in total. The minimum Gasteiger partial charge on any atom is -0.444 e. The Bertz CT molecular complexity index is 938. The molecule has 0 saturated carbocycles. The van der Waals surface area contributed by atoms with Crippen LogP contribution in [0.2, 0.25) is 0 Å². The van der Waals surface area contributed by atoms with Gasteiger partial charge in [0, 0.05) is 41.5 Å². The molecular formula is C17H21FN4O4. The van der Waals surface area contributed by atoms with Crippen LogP contribution in [0.4, 0.5) is 14.9 Å². The van der Waals surface area contributed by atoms with Gasteiger partial charge in [-0.05, 0) is 26.8 Å². The molecule has 0 radical (unpaired) electrons. The molecule has 1 amide bonds. The number of nitrogens with zero attached hydrogens (tertiary/aromatic N) is 4. The first kappa shape index (κ1) is 15.3. The third-order valence-corrected chi connectivity index (χ3v) is 3.28. The number of aromatic nitrogens is 2. The SMILES string of the molecule is [2H]C([2H])([2H])N(Cc1cn(C)nc1-c1cccc([N+](=O)[O-])c1F)C(=O)OC(C)(C)C. The van der Waals surface area contributed by atoms with Gasteiger partial charge >= 0.3 is 11.8 Å². The van der Waals surface area contributed by atoms with Gasteiger partial charge < -0.3 is 9.64 Å². The van der Waals surface area contributed by atoms with Gasteiger partial charge in [0.25, 0.3) is 0 Å². The van der Waals surface area contributed by atoms with E-state index in [0.29, 0.717) is 4.90 Å². The van der Waals surface area contributed by atoms with Crippen LogP contribution in [-0.4, -0.2) is 38.3 Å². The van der Waals surface area contributed by atoms with E-state index in [1.807, 2.05) is 0 Å². The summed E-state index contributed by atoms with van der Waals surface area (Å²) >= 11 is 0. The monoisotopic (exact) mass is 367 g/mol. The van der Waals surface area contributed by atoms with Gasteiger partial charge in [0.2, 0.25) is 5.82 Å². The van der Waals surface area contributed by atoms with Crippen molar-refractivity contribution in [1.29, 1.82) is 0 Å². The molecule has 0 spiro atoms. The van der Waals surface area contributed by atoms with Gasteiger partial charge in [-0.25, -0.2) is 4.79 Å². The highest BCUT2D eigenvalue weighted by molar-refractivity contribution is 5.70. The molecule has 0 bridgehead atoms. The summed E-state index contributed by atoms with van der Waals surface area (Å²) in [6.45, 7) is 1.48. The molecule has 1 heterocycles. The van der Waals surface area contributed by atoms with Crippen molar-refractivity contribution in [3.63, 3.8) is 0 Å². The Kier molecular flexibility index (Phi) is 4.18. The number of amides is 1. The van der Waals surface area contributed by atoms with Crippen LogP contribution in [0.15, 0.2) is 24.4 Å². The molecule has 0 atom stereocenters. The predicted octanol–water partition coefficient (Wildman–Crippen LogP) is 3.50. The Morgan fingerprint density at radius 3 is 2.77 bits per heavy atom. The lowest BCUT2D eigenvalue weighted by atomic mass is 10.1. The summed E-state index contributed by atoms with van der Waals surface area (Å²) in [6, 6.07) is 3.60. The van der Waals surface area contributed by atoms with Crippen molar-refractivity contribution in [1.82, 2.24) is 14.7 Å². The zero-order valence-corrected chi connectivity index (χ0v) is 14.8. The molecule has 1 aromatic carbocycles. The molecule has 0 unspecified atom stereocenters. The zero-order valence-electron chi connectivity index (χ0n) is 17.8. The van der Waals surface area contributed by atoms with Gasteiger partial charge in [-0.1, -0.05) is 6.07 Å². The predicted molar refractivity (Wildman–Crippen MR) is 93.0 cm³/mol. The van der Waals surface area contributed by atoms with E-state index in [9.17, 15) is 19.3 Å². The van der Waals surface area contributed by atoms with E-state index in [0.717, 1.165) is 6.07 Å². The van der Waals surface area contributed by atoms with E-state index >= 15 is 0 Å². The van der Waals surface area contributed by atoms with Crippen molar-refractivity contribution in [2.75, 3.05) is 6.98 Å². The topological polar surface area (TPSA) is 90.5 Å². The fraction of sp³-hybridized carbons (Fsp3) is 0.412. The van der Waals surface area contributed by atoms with E-state index in [1.165, 1.54) is 30.1 Å². The van der Waals surface area contributed by atoms with Gasteiger partial charge in [0.15, 0.2) is 0 Å². The number of carbonyl (C=O) groups excluding carboxylic acids is 1. The second-order valence-corrected chi connectivity index (χ2v) is 6.64. The van der Waals surface area contributed by atoms with Crippen molar-refractivity contribution in [2.24, 2.45) is 7.05 Å². The Morgan fingerprint density at radius 2 is 2.19 bits per heavy atom. The molecule has 9 heteroatoms. The fourth-order valence-corrected chi connectivity index (χ4v) is 2.28. The van der Waals surface area contributed by atoms with Crippen LogP contribution in [0.3, 0.4) is 0 Å². The zero-order chi connectivity index (χ0) is 22.1. The first-order valence-corrected chi connectivity index (χ1v) is 7.67. The minimum atomic E-state index is -2.84. The van der Waals surface area contributed by atoms with E-state index in [-0.39, 0.29) is 16.8 Å². The summed E-state index contributed by atoms with van der Waals surface area (Å²) in [5.74, 6) is -1.10. The summed E-state index contributed by atoms with van der Waals surface area (Å²) in [4.78, 5) is 23.1. The van der Waals surface area contributed by atoms with E-state index in [2.05, 4.69) is 5.10 Å². The molecule has 0 aliphatic rings. The lowest BCUT2D eigenvalue weighted by Crippen LogP contribution is -2.33. The largest absolute Gasteiger partial charge is 0.444 e. The van der Waals surface area contributed by atoms with E-state index in [1.54, 1.807) is 20.8 Å². The van der Waals surface area contributed by atoms with Crippen LogP contribution >= 0.6 is 0 Å². The lowest BCUT2D eigenvalue weighted by Gasteiger charge is -2.24. The average Bonchev–Trinajstić information content (AvgIpc) is 2.90. The number of aryl methyl sites for hydroxylation is 1. The number of ether oxygens (including phenoxy) is 1. The highest BCUT2D eigenvalue weighted by Crippen LogP contribution is 2.30. The smallest absolute Gasteiger partial charge is 0.410 e. The third-order valence-electron chi connectivity index (χ3n) is 3.28. The van der Waals surface area contributed by atoms with Crippen LogP contribution in [0.1, 0.15) is 30.4 Å². The Hall–Kier alpha value is -2.97. The number of benzene rings is 1. The fourth-order valence-electron chi connectivity index (χ4n) is 2.28. The van der Waals surface area contributed by atoms with Crippen molar-refractivity contribution in [3.8, 4) is 11.3 Å². The molecule has 1 aromatic heterocycles. The number of nitro groups is 1. The van der Waals surface area contributed by atoms with Crippen LogP contribution in [0, 0.1) is 15.9 Å². The standard InChI is InChI=1S/C17H21FN4O4/c1-17(2,3)26-16(23)20(4)9-11-10-21(5)19-15(11)12-7-6-8-13(14(12)18)22(24)25/h6-8,10H,9H2,1-5H3/i4D3. The maximum Gasteiger partial charge on any atom is 0.410 e. The lowest BCUT2D eigenvalue weighted by molar-refractivity contribution is -0.387. The van der Waals surface area contributed by atoms with Crippen LogP contribution < -0.4 is 0 Å². The maximum atomic E-state index is 14.6. The second kappa shape index (κ2) is 7.11. The summed E-state index contributed by atoms with van der Waals surface area (Å²) in [6.07, 6.45) is 0.336. The van der Waals surface area contributed by atoms with E-state index < -0.39 is 41.6 Å².